The quantitative estimate of drug-likeness (QED) is 0.476. The molecule has 0 unspecified atom stereocenters. The van der Waals surface area contributed by atoms with Gasteiger partial charge in [0.25, 0.3) is 0 Å². The predicted molar refractivity (Wildman–Crippen MR) is 117 cm³/mol. The summed E-state index contributed by atoms with van der Waals surface area (Å²) in [5.41, 5.74) is 3.93. The van der Waals surface area contributed by atoms with Gasteiger partial charge in [0, 0.05) is 42.6 Å². The first-order chi connectivity index (χ1) is 13.8. The third kappa shape index (κ3) is 4.73. The Balaban J connectivity index is 1.24. The number of imidazole rings is 1. The van der Waals surface area contributed by atoms with Crippen LogP contribution in [0, 0.1) is 0 Å². The smallest absolute Gasteiger partial charge is 0.139 e. The molecular weight excluding hydrogens is 366 g/mol. The van der Waals surface area contributed by atoms with Gasteiger partial charge in [0.2, 0.25) is 0 Å². The fourth-order valence-corrected chi connectivity index (χ4v) is 3.92. The van der Waals surface area contributed by atoms with E-state index in [-0.39, 0.29) is 0 Å². The van der Waals surface area contributed by atoms with Crippen molar-refractivity contribution >= 4 is 17.2 Å². The molecule has 0 atom stereocenters. The summed E-state index contributed by atoms with van der Waals surface area (Å²) in [5.74, 6) is 1.06. The Bertz CT molecular complexity index is 913. The van der Waals surface area contributed by atoms with Crippen molar-refractivity contribution in [3.8, 4) is 11.4 Å². The normalized spacial score (nSPS) is 14.8. The number of aryl methyl sites for hydroxylation is 1. The molecule has 4 rings (SSSR count). The number of benzene rings is 2. The van der Waals surface area contributed by atoms with E-state index in [1.807, 2.05) is 24.4 Å². The molecule has 4 heteroatoms. The van der Waals surface area contributed by atoms with Crippen molar-refractivity contribution in [1.82, 2.24) is 14.5 Å². The molecule has 3 nitrogen and oxygen atoms in total. The fraction of sp³-hybridized carbons (Fsp3) is 0.292. The Labute approximate surface area is 172 Å². The van der Waals surface area contributed by atoms with Crippen LogP contribution in [0.3, 0.4) is 0 Å². The molecule has 144 valence electrons. The van der Waals surface area contributed by atoms with Gasteiger partial charge in [-0.1, -0.05) is 60.1 Å². The highest BCUT2D eigenvalue weighted by Crippen LogP contribution is 2.24. The van der Waals surface area contributed by atoms with Crippen molar-refractivity contribution < 1.29 is 0 Å². The molecular formula is C24H26ClN3. The summed E-state index contributed by atoms with van der Waals surface area (Å²) in [6, 6.07) is 18.6. The summed E-state index contributed by atoms with van der Waals surface area (Å²) in [5, 5.41) is 0.801. The van der Waals surface area contributed by atoms with Crippen molar-refractivity contribution in [2.45, 2.75) is 25.8 Å². The van der Waals surface area contributed by atoms with Crippen LogP contribution in [0.15, 0.2) is 73.1 Å². The molecule has 0 N–H and O–H groups in total. The third-order valence-electron chi connectivity index (χ3n) is 5.38. The van der Waals surface area contributed by atoms with Crippen molar-refractivity contribution in [2.24, 2.45) is 0 Å². The van der Waals surface area contributed by atoms with Gasteiger partial charge in [0.15, 0.2) is 0 Å². The highest BCUT2D eigenvalue weighted by Gasteiger charge is 2.13. The van der Waals surface area contributed by atoms with Gasteiger partial charge < -0.3 is 4.57 Å². The Morgan fingerprint density at radius 1 is 0.893 bits per heavy atom. The molecule has 3 aromatic rings. The zero-order valence-electron chi connectivity index (χ0n) is 16.1. The number of aromatic nitrogens is 2. The molecule has 2 heterocycles. The summed E-state index contributed by atoms with van der Waals surface area (Å²) < 4.78 is 2.27. The van der Waals surface area contributed by atoms with E-state index in [1.165, 1.54) is 29.5 Å². The number of hydrogen-bond acceptors (Lipinski definition) is 2. The molecule has 0 spiro atoms. The molecule has 2 aromatic carbocycles. The molecule has 1 aliphatic rings. The lowest BCUT2D eigenvalue weighted by Crippen LogP contribution is -2.29. The maximum atomic E-state index is 5.99. The summed E-state index contributed by atoms with van der Waals surface area (Å²) in [7, 11) is 0. The molecule has 1 aromatic heterocycles. The average molecular weight is 392 g/mol. The monoisotopic (exact) mass is 391 g/mol. The molecule has 0 fully saturated rings. The van der Waals surface area contributed by atoms with E-state index >= 15 is 0 Å². The first-order valence-electron chi connectivity index (χ1n) is 10.0. The van der Waals surface area contributed by atoms with E-state index in [2.05, 4.69) is 63.1 Å². The van der Waals surface area contributed by atoms with Gasteiger partial charge >= 0.3 is 0 Å². The lowest BCUT2D eigenvalue weighted by Gasteiger charge is -2.26. The predicted octanol–water partition coefficient (Wildman–Crippen LogP) is 5.77. The Kier molecular flexibility index (Phi) is 6.25. The summed E-state index contributed by atoms with van der Waals surface area (Å²) in [6.07, 6.45) is 9.84. The van der Waals surface area contributed by atoms with E-state index in [0.29, 0.717) is 0 Å². The van der Waals surface area contributed by atoms with E-state index in [1.54, 1.807) is 0 Å². The zero-order valence-corrected chi connectivity index (χ0v) is 16.9. The van der Waals surface area contributed by atoms with Crippen LogP contribution in [-0.4, -0.2) is 34.1 Å². The van der Waals surface area contributed by atoms with Crippen molar-refractivity contribution in [2.75, 3.05) is 19.6 Å². The summed E-state index contributed by atoms with van der Waals surface area (Å²) in [4.78, 5) is 7.08. The molecule has 0 aliphatic carbocycles. The Morgan fingerprint density at radius 3 is 2.43 bits per heavy atom. The van der Waals surface area contributed by atoms with Gasteiger partial charge in [-0.2, -0.15) is 0 Å². The van der Waals surface area contributed by atoms with Crippen LogP contribution in [0.4, 0.5) is 0 Å². The number of hydrogen-bond donors (Lipinski definition) is 0. The fourth-order valence-electron chi connectivity index (χ4n) is 3.80. The highest BCUT2D eigenvalue weighted by molar-refractivity contribution is 6.30. The van der Waals surface area contributed by atoms with Gasteiger partial charge in [-0.3, -0.25) is 4.90 Å². The van der Waals surface area contributed by atoms with Gasteiger partial charge in [-0.25, -0.2) is 4.98 Å². The lowest BCUT2D eigenvalue weighted by molar-refractivity contribution is 0.292. The van der Waals surface area contributed by atoms with Crippen LogP contribution in [0.2, 0.25) is 5.02 Å². The van der Waals surface area contributed by atoms with Crippen LogP contribution in [0.5, 0.6) is 0 Å². The molecule has 28 heavy (non-hydrogen) atoms. The van der Waals surface area contributed by atoms with Crippen molar-refractivity contribution in [1.29, 1.82) is 0 Å². The summed E-state index contributed by atoms with van der Waals surface area (Å²) >= 11 is 5.99. The standard InChI is InChI=1S/C24H26ClN3/c25-23-10-8-20(9-11-23)21-12-17-27(18-13-21)15-4-5-16-28-19-14-26-24(28)22-6-2-1-3-7-22/h1-3,6-12,14,19H,4-5,13,15-18H2. The maximum Gasteiger partial charge on any atom is 0.139 e. The van der Waals surface area contributed by atoms with E-state index in [0.717, 1.165) is 43.4 Å². The van der Waals surface area contributed by atoms with Crippen molar-refractivity contribution in [3.63, 3.8) is 0 Å². The first kappa shape index (κ1) is 19.0. The minimum atomic E-state index is 0.801. The second-order valence-corrected chi connectivity index (χ2v) is 7.74. The molecule has 0 bridgehead atoms. The number of halogens is 1. The molecule has 0 amide bonds. The number of unbranched alkanes of at least 4 members (excludes halogenated alkanes) is 1. The molecule has 1 aliphatic heterocycles. The van der Waals surface area contributed by atoms with E-state index in [4.69, 9.17) is 11.6 Å². The van der Waals surface area contributed by atoms with Crippen LogP contribution in [0.25, 0.3) is 17.0 Å². The number of nitrogens with zero attached hydrogens (tertiary/aromatic N) is 3. The van der Waals surface area contributed by atoms with Gasteiger partial charge in [-0.05, 0) is 49.1 Å². The second kappa shape index (κ2) is 9.22. The molecule has 0 radical (unpaired) electrons. The zero-order chi connectivity index (χ0) is 19.2. The SMILES string of the molecule is Clc1ccc(C2=CCN(CCCCn3ccnc3-c3ccccc3)CC2)cc1. The van der Waals surface area contributed by atoms with E-state index in [9.17, 15) is 0 Å². The van der Waals surface area contributed by atoms with Gasteiger partial charge in [-0.15, -0.1) is 0 Å². The minimum Gasteiger partial charge on any atom is -0.331 e. The van der Waals surface area contributed by atoms with Crippen LogP contribution in [0.1, 0.15) is 24.8 Å². The minimum absolute atomic E-state index is 0.801. The highest BCUT2D eigenvalue weighted by atomic mass is 35.5. The Hall–Kier alpha value is -2.36. The first-order valence-corrected chi connectivity index (χ1v) is 10.4. The van der Waals surface area contributed by atoms with Crippen LogP contribution >= 0.6 is 11.6 Å². The maximum absolute atomic E-state index is 5.99. The topological polar surface area (TPSA) is 21.1 Å². The molecule has 0 saturated carbocycles. The summed E-state index contributed by atoms with van der Waals surface area (Å²) in [6.45, 7) is 4.34. The van der Waals surface area contributed by atoms with Gasteiger partial charge in [0.1, 0.15) is 5.82 Å². The lowest BCUT2D eigenvalue weighted by atomic mass is 9.99. The van der Waals surface area contributed by atoms with Gasteiger partial charge in [0.05, 0.1) is 0 Å². The Morgan fingerprint density at radius 2 is 1.68 bits per heavy atom. The van der Waals surface area contributed by atoms with E-state index < -0.39 is 0 Å². The van der Waals surface area contributed by atoms with Crippen LogP contribution < -0.4 is 0 Å². The average Bonchev–Trinajstić information content (AvgIpc) is 3.21. The van der Waals surface area contributed by atoms with Crippen molar-refractivity contribution in [3.05, 3.63) is 83.7 Å². The largest absolute Gasteiger partial charge is 0.331 e. The third-order valence-corrected chi connectivity index (χ3v) is 5.63. The number of rotatable bonds is 7. The van der Waals surface area contributed by atoms with Crippen LogP contribution in [-0.2, 0) is 6.54 Å². The second-order valence-electron chi connectivity index (χ2n) is 7.30. The molecule has 0 saturated heterocycles.